The Kier molecular flexibility index (Phi) is 2.97. The van der Waals surface area contributed by atoms with Crippen LogP contribution < -0.4 is 0 Å². The Bertz CT molecular complexity index is 480. The van der Waals surface area contributed by atoms with Crippen LogP contribution in [0.15, 0.2) is 23.1 Å². The molecular weight excluding hydrogens is 260 g/mol. The van der Waals surface area contributed by atoms with E-state index >= 15 is 0 Å². The van der Waals surface area contributed by atoms with E-state index in [1.165, 1.54) is 0 Å². The van der Waals surface area contributed by atoms with Gasteiger partial charge in [0.2, 0.25) is 0 Å². The molecule has 0 heterocycles. The summed E-state index contributed by atoms with van der Waals surface area (Å²) < 4.78 is 71.2. The Hall–Kier alpha value is -0.820. The predicted octanol–water partition coefficient (Wildman–Crippen LogP) is 2.77. The summed E-state index contributed by atoms with van der Waals surface area (Å²) in [6.07, 6.45) is -4.97. The van der Waals surface area contributed by atoms with E-state index in [-0.39, 0.29) is 0 Å². The van der Waals surface area contributed by atoms with Crippen molar-refractivity contribution in [2.75, 3.05) is 0 Å². The zero-order valence-corrected chi connectivity index (χ0v) is 8.42. The molecule has 2 nitrogen and oxygen atoms in total. The van der Waals surface area contributed by atoms with E-state index in [0.29, 0.717) is 12.1 Å². The van der Waals surface area contributed by atoms with E-state index in [1.807, 2.05) is 0 Å². The highest BCUT2D eigenvalue weighted by Gasteiger charge is 2.38. The van der Waals surface area contributed by atoms with E-state index in [4.69, 9.17) is 10.7 Å². The number of benzene rings is 1. The van der Waals surface area contributed by atoms with Crippen molar-refractivity contribution in [3.8, 4) is 0 Å². The van der Waals surface area contributed by atoms with Gasteiger partial charge in [0.05, 0.1) is 5.56 Å². The molecule has 0 aliphatic carbocycles. The molecule has 8 heteroatoms. The van der Waals surface area contributed by atoms with Crippen LogP contribution in [0.1, 0.15) is 5.56 Å². The molecule has 0 spiro atoms. The van der Waals surface area contributed by atoms with Gasteiger partial charge in [-0.3, -0.25) is 0 Å². The zero-order valence-electron chi connectivity index (χ0n) is 6.85. The Morgan fingerprint density at radius 2 is 1.73 bits per heavy atom. The zero-order chi connectivity index (χ0) is 11.9. The van der Waals surface area contributed by atoms with Crippen LogP contribution in [0.25, 0.3) is 0 Å². The molecule has 0 amide bonds. The molecule has 0 saturated carbocycles. The van der Waals surface area contributed by atoms with Crippen LogP contribution in [0, 0.1) is 5.82 Å². The highest BCUT2D eigenvalue weighted by atomic mass is 35.7. The van der Waals surface area contributed by atoms with Crippen molar-refractivity contribution < 1.29 is 26.0 Å². The van der Waals surface area contributed by atoms with Crippen LogP contribution in [-0.2, 0) is 15.2 Å². The lowest BCUT2D eigenvalue weighted by Gasteiger charge is -2.10. The van der Waals surface area contributed by atoms with Gasteiger partial charge in [0.1, 0.15) is 10.7 Å². The molecule has 0 bridgehead atoms. The Morgan fingerprint density at radius 3 is 2.07 bits per heavy atom. The van der Waals surface area contributed by atoms with Crippen molar-refractivity contribution in [2.45, 2.75) is 11.1 Å². The van der Waals surface area contributed by atoms with Crippen molar-refractivity contribution in [2.24, 2.45) is 0 Å². The van der Waals surface area contributed by atoms with E-state index in [9.17, 15) is 26.0 Å². The van der Waals surface area contributed by atoms with Crippen molar-refractivity contribution >= 4 is 19.7 Å². The van der Waals surface area contributed by atoms with Crippen molar-refractivity contribution in [3.63, 3.8) is 0 Å². The second-order valence-corrected chi connectivity index (χ2v) is 5.05. The topological polar surface area (TPSA) is 34.1 Å². The summed E-state index contributed by atoms with van der Waals surface area (Å²) in [5, 5.41) is 0. The van der Waals surface area contributed by atoms with Gasteiger partial charge in [-0.2, -0.15) is 13.2 Å². The SMILES string of the molecule is O=S(=O)(Cl)c1c(F)cccc1C(F)(F)F. The maximum absolute atomic E-state index is 12.9. The minimum Gasteiger partial charge on any atom is -0.207 e. The first kappa shape index (κ1) is 12.3. The van der Waals surface area contributed by atoms with E-state index in [0.717, 1.165) is 6.07 Å². The predicted molar refractivity (Wildman–Crippen MR) is 44.4 cm³/mol. The number of alkyl halides is 3. The molecule has 1 aromatic carbocycles. The van der Waals surface area contributed by atoms with Crippen molar-refractivity contribution in [1.29, 1.82) is 0 Å². The van der Waals surface area contributed by atoms with Crippen LogP contribution in [0.4, 0.5) is 17.6 Å². The first-order chi connectivity index (χ1) is 6.64. The maximum atomic E-state index is 12.9. The summed E-state index contributed by atoms with van der Waals surface area (Å²) >= 11 is 0. The molecule has 0 aromatic heterocycles. The van der Waals surface area contributed by atoms with E-state index < -0.39 is 31.5 Å². The summed E-state index contributed by atoms with van der Waals surface area (Å²) in [6.45, 7) is 0. The van der Waals surface area contributed by atoms with Crippen LogP contribution in [0.3, 0.4) is 0 Å². The normalized spacial score (nSPS) is 12.9. The van der Waals surface area contributed by atoms with Gasteiger partial charge in [0.15, 0.2) is 0 Å². The van der Waals surface area contributed by atoms with Gasteiger partial charge in [0.25, 0.3) is 9.05 Å². The molecule has 0 N–H and O–H groups in total. The van der Waals surface area contributed by atoms with Gasteiger partial charge in [-0.1, -0.05) is 6.07 Å². The summed E-state index contributed by atoms with van der Waals surface area (Å²) in [5.41, 5.74) is -1.61. The fourth-order valence-electron chi connectivity index (χ4n) is 0.980. The molecule has 1 aromatic rings. The van der Waals surface area contributed by atoms with Gasteiger partial charge in [-0.05, 0) is 12.1 Å². The third-order valence-electron chi connectivity index (χ3n) is 1.52. The summed E-state index contributed by atoms with van der Waals surface area (Å²) in [6, 6.07) is 1.78. The molecule has 1 rings (SSSR count). The quantitative estimate of drug-likeness (QED) is 0.576. The lowest BCUT2D eigenvalue weighted by molar-refractivity contribution is -0.140. The van der Waals surface area contributed by atoms with Crippen LogP contribution >= 0.6 is 10.7 Å². The fourth-order valence-corrected chi connectivity index (χ4v) is 2.20. The molecule has 15 heavy (non-hydrogen) atoms. The largest absolute Gasteiger partial charge is 0.417 e. The lowest BCUT2D eigenvalue weighted by atomic mass is 10.2. The minimum atomic E-state index is -4.97. The first-order valence-corrected chi connectivity index (χ1v) is 5.75. The average molecular weight is 263 g/mol. The van der Waals surface area contributed by atoms with Crippen LogP contribution in [0.5, 0.6) is 0 Å². The fraction of sp³-hybridized carbons (Fsp3) is 0.143. The Balaban J connectivity index is 3.63. The molecule has 0 aliphatic heterocycles. The van der Waals surface area contributed by atoms with Gasteiger partial charge >= 0.3 is 6.18 Å². The van der Waals surface area contributed by atoms with Gasteiger partial charge in [-0.15, -0.1) is 0 Å². The average Bonchev–Trinajstić information content (AvgIpc) is 1.99. The van der Waals surface area contributed by atoms with E-state index in [1.54, 1.807) is 0 Å². The summed E-state index contributed by atoms with van der Waals surface area (Å²) in [4.78, 5) is -1.54. The second-order valence-electron chi connectivity index (χ2n) is 2.55. The lowest BCUT2D eigenvalue weighted by Crippen LogP contribution is -2.12. The smallest absolute Gasteiger partial charge is 0.207 e. The second kappa shape index (κ2) is 3.64. The molecule has 0 unspecified atom stereocenters. The molecule has 0 atom stereocenters. The van der Waals surface area contributed by atoms with Crippen molar-refractivity contribution in [3.05, 3.63) is 29.6 Å². The van der Waals surface area contributed by atoms with Crippen LogP contribution in [0.2, 0.25) is 0 Å². The number of hydrogen-bond acceptors (Lipinski definition) is 2. The van der Waals surface area contributed by atoms with Crippen LogP contribution in [-0.4, -0.2) is 8.42 Å². The third kappa shape index (κ3) is 2.60. The Labute approximate surface area is 86.9 Å². The summed E-state index contributed by atoms with van der Waals surface area (Å²) in [5.74, 6) is -1.53. The molecule has 0 saturated heterocycles. The Morgan fingerprint density at radius 1 is 1.20 bits per heavy atom. The van der Waals surface area contributed by atoms with Crippen molar-refractivity contribution in [1.82, 2.24) is 0 Å². The molecule has 0 fully saturated rings. The molecule has 0 aliphatic rings. The third-order valence-corrected chi connectivity index (χ3v) is 2.88. The van der Waals surface area contributed by atoms with Gasteiger partial charge < -0.3 is 0 Å². The number of hydrogen-bond donors (Lipinski definition) is 0. The first-order valence-electron chi connectivity index (χ1n) is 3.44. The van der Waals surface area contributed by atoms with Gasteiger partial charge in [0, 0.05) is 10.7 Å². The standard InChI is InChI=1S/C7H3ClF4O2S/c8-15(13,14)6-4(7(10,11)12)2-1-3-5(6)9/h1-3H. The number of rotatable bonds is 1. The molecule has 84 valence electrons. The minimum absolute atomic E-state index is 0.443. The van der Waals surface area contributed by atoms with Gasteiger partial charge in [-0.25, -0.2) is 12.8 Å². The highest BCUT2D eigenvalue weighted by molar-refractivity contribution is 8.13. The molecule has 0 radical (unpaired) electrons. The summed E-state index contributed by atoms with van der Waals surface area (Å²) in [7, 11) is -0.0628. The maximum Gasteiger partial charge on any atom is 0.417 e. The monoisotopic (exact) mass is 262 g/mol. The van der Waals surface area contributed by atoms with E-state index in [2.05, 4.69) is 0 Å². The highest BCUT2D eigenvalue weighted by Crippen LogP contribution is 2.36. The number of halogens is 5. The molecular formula is C7H3ClF4O2S.